The maximum absolute atomic E-state index is 4.35. The van der Waals surface area contributed by atoms with Gasteiger partial charge in [-0.05, 0) is 61.6 Å². The van der Waals surface area contributed by atoms with E-state index < -0.39 is 0 Å². The molecule has 2 N–H and O–H groups in total. The molecule has 3 aromatic rings. The van der Waals surface area contributed by atoms with Gasteiger partial charge in [-0.15, -0.1) is 0 Å². The number of hydrogen-bond donors (Lipinski definition) is 2. The topological polar surface area (TPSA) is 53.1 Å². The number of nitrogens with zero attached hydrogens (tertiary/aromatic N) is 3. The zero-order valence-electron chi connectivity index (χ0n) is 16.4. The minimum atomic E-state index is 0.744. The first kappa shape index (κ1) is 18.3. The molecule has 1 saturated heterocycles. The molecule has 4 rings (SSSR count). The van der Waals surface area contributed by atoms with Gasteiger partial charge < -0.3 is 15.5 Å². The van der Waals surface area contributed by atoms with E-state index in [0.29, 0.717) is 0 Å². The molecular weight excluding hydrogens is 346 g/mol. The van der Waals surface area contributed by atoms with E-state index in [2.05, 4.69) is 81.0 Å². The normalized spacial score (nSPS) is 14.0. The van der Waals surface area contributed by atoms with Crippen molar-refractivity contribution in [2.24, 2.45) is 0 Å². The van der Waals surface area contributed by atoms with Gasteiger partial charge in [0.2, 0.25) is 0 Å². The van der Waals surface area contributed by atoms with Crippen molar-refractivity contribution in [2.45, 2.75) is 32.7 Å². The number of benzene rings is 2. The monoisotopic (exact) mass is 373 g/mol. The predicted molar refractivity (Wildman–Crippen MR) is 116 cm³/mol. The Bertz CT molecular complexity index is 901. The summed E-state index contributed by atoms with van der Waals surface area (Å²) in [6.07, 6.45) is 5.52. The van der Waals surface area contributed by atoms with E-state index in [1.807, 2.05) is 6.07 Å². The fourth-order valence-corrected chi connectivity index (χ4v) is 3.57. The van der Waals surface area contributed by atoms with Crippen molar-refractivity contribution < 1.29 is 0 Å². The number of rotatable bonds is 6. The molecule has 1 aliphatic heterocycles. The fourth-order valence-electron chi connectivity index (χ4n) is 3.57. The first-order valence-electron chi connectivity index (χ1n) is 10.0. The smallest absolute Gasteiger partial charge is 0.135 e. The molecule has 28 heavy (non-hydrogen) atoms. The molecule has 5 nitrogen and oxygen atoms in total. The second kappa shape index (κ2) is 8.74. The van der Waals surface area contributed by atoms with Gasteiger partial charge >= 0.3 is 0 Å². The highest BCUT2D eigenvalue weighted by atomic mass is 15.1. The highest BCUT2D eigenvalue weighted by molar-refractivity contribution is 5.62. The van der Waals surface area contributed by atoms with E-state index in [4.69, 9.17) is 0 Å². The average molecular weight is 374 g/mol. The van der Waals surface area contributed by atoms with E-state index in [9.17, 15) is 0 Å². The van der Waals surface area contributed by atoms with E-state index in [-0.39, 0.29) is 0 Å². The van der Waals surface area contributed by atoms with Crippen LogP contribution in [0.15, 0.2) is 60.9 Å². The second-order valence-corrected chi connectivity index (χ2v) is 7.29. The van der Waals surface area contributed by atoms with Gasteiger partial charge in [-0.3, -0.25) is 0 Å². The number of piperidine rings is 1. The lowest BCUT2D eigenvalue weighted by atomic mass is 10.1. The summed E-state index contributed by atoms with van der Waals surface area (Å²) >= 11 is 0. The Morgan fingerprint density at radius 2 is 1.64 bits per heavy atom. The minimum absolute atomic E-state index is 0.744. The second-order valence-electron chi connectivity index (χ2n) is 7.29. The summed E-state index contributed by atoms with van der Waals surface area (Å²) in [6.45, 7) is 5.19. The Hall–Kier alpha value is -3.08. The first-order valence-corrected chi connectivity index (χ1v) is 10.0. The van der Waals surface area contributed by atoms with Gasteiger partial charge in [0.05, 0.1) is 0 Å². The molecule has 0 spiro atoms. The Kier molecular flexibility index (Phi) is 5.71. The Balaban J connectivity index is 1.38. The molecule has 0 radical (unpaired) electrons. The molecule has 5 heteroatoms. The van der Waals surface area contributed by atoms with Crippen molar-refractivity contribution in [1.29, 1.82) is 0 Å². The third-order valence-electron chi connectivity index (χ3n) is 5.25. The highest BCUT2D eigenvalue weighted by Crippen LogP contribution is 2.23. The third-order valence-corrected chi connectivity index (χ3v) is 5.25. The molecule has 0 amide bonds. The van der Waals surface area contributed by atoms with Crippen molar-refractivity contribution in [3.05, 3.63) is 72.1 Å². The Morgan fingerprint density at radius 1 is 0.893 bits per heavy atom. The summed E-state index contributed by atoms with van der Waals surface area (Å²) in [5.74, 6) is 1.60. The molecule has 0 unspecified atom stereocenters. The van der Waals surface area contributed by atoms with Gasteiger partial charge in [-0.2, -0.15) is 0 Å². The summed E-state index contributed by atoms with van der Waals surface area (Å²) in [7, 11) is 0. The van der Waals surface area contributed by atoms with Gasteiger partial charge in [0, 0.05) is 37.1 Å². The van der Waals surface area contributed by atoms with Crippen LogP contribution in [0.1, 0.15) is 30.4 Å². The molecule has 144 valence electrons. The van der Waals surface area contributed by atoms with Crippen molar-refractivity contribution in [3.63, 3.8) is 0 Å². The SMILES string of the molecule is Cc1ccccc1CNc1cc(Nc2ccc(N3CCCCC3)cc2)ncn1. The summed E-state index contributed by atoms with van der Waals surface area (Å²) < 4.78 is 0. The Labute approximate surface area is 166 Å². The van der Waals surface area contributed by atoms with Gasteiger partial charge in [-0.1, -0.05) is 24.3 Å². The largest absolute Gasteiger partial charge is 0.372 e. The van der Waals surface area contributed by atoms with Gasteiger partial charge in [0.1, 0.15) is 18.0 Å². The molecule has 0 saturated carbocycles. The average Bonchev–Trinajstić information content (AvgIpc) is 2.75. The van der Waals surface area contributed by atoms with Gasteiger partial charge in [0.25, 0.3) is 0 Å². The van der Waals surface area contributed by atoms with Crippen LogP contribution in [0.5, 0.6) is 0 Å². The lowest BCUT2D eigenvalue weighted by Crippen LogP contribution is -2.29. The zero-order valence-corrected chi connectivity index (χ0v) is 16.4. The summed E-state index contributed by atoms with van der Waals surface area (Å²) in [4.78, 5) is 11.1. The molecule has 1 aromatic heterocycles. The number of anilines is 4. The lowest BCUT2D eigenvalue weighted by molar-refractivity contribution is 0.578. The van der Waals surface area contributed by atoms with Crippen molar-refractivity contribution in [2.75, 3.05) is 28.6 Å². The maximum Gasteiger partial charge on any atom is 0.135 e. The first-order chi connectivity index (χ1) is 13.8. The van der Waals surface area contributed by atoms with Crippen LogP contribution in [-0.2, 0) is 6.54 Å². The highest BCUT2D eigenvalue weighted by Gasteiger charge is 2.10. The quantitative estimate of drug-likeness (QED) is 0.627. The van der Waals surface area contributed by atoms with Crippen molar-refractivity contribution >= 4 is 23.0 Å². The van der Waals surface area contributed by atoms with Crippen LogP contribution in [0.2, 0.25) is 0 Å². The molecule has 0 bridgehead atoms. The lowest BCUT2D eigenvalue weighted by Gasteiger charge is -2.28. The number of aromatic nitrogens is 2. The summed E-state index contributed by atoms with van der Waals surface area (Å²) in [5, 5.41) is 6.76. The van der Waals surface area contributed by atoms with Crippen LogP contribution in [0.25, 0.3) is 0 Å². The van der Waals surface area contributed by atoms with Crippen LogP contribution in [-0.4, -0.2) is 23.1 Å². The molecule has 2 heterocycles. The van der Waals surface area contributed by atoms with E-state index >= 15 is 0 Å². The Morgan fingerprint density at radius 3 is 2.43 bits per heavy atom. The fraction of sp³-hybridized carbons (Fsp3) is 0.304. The molecule has 0 aliphatic carbocycles. The van der Waals surface area contributed by atoms with Crippen LogP contribution in [0.4, 0.5) is 23.0 Å². The number of hydrogen-bond acceptors (Lipinski definition) is 5. The molecule has 2 aromatic carbocycles. The van der Waals surface area contributed by atoms with Crippen molar-refractivity contribution in [1.82, 2.24) is 9.97 Å². The van der Waals surface area contributed by atoms with Crippen LogP contribution in [0.3, 0.4) is 0 Å². The predicted octanol–water partition coefficient (Wildman–Crippen LogP) is 5.13. The number of aryl methyl sites for hydroxylation is 1. The molecule has 1 fully saturated rings. The van der Waals surface area contributed by atoms with E-state index in [0.717, 1.165) is 37.0 Å². The summed E-state index contributed by atoms with van der Waals surface area (Å²) in [6, 6.07) is 18.9. The molecule has 0 atom stereocenters. The zero-order chi connectivity index (χ0) is 19.2. The van der Waals surface area contributed by atoms with Crippen LogP contribution in [0, 0.1) is 6.92 Å². The van der Waals surface area contributed by atoms with Gasteiger partial charge in [0.15, 0.2) is 0 Å². The summed E-state index contributed by atoms with van der Waals surface area (Å²) in [5.41, 5.74) is 4.87. The third kappa shape index (κ3) is 4.60. The van der Waals surface area contributed by atoms with Crippen LogP contribution >= 0.6 is 0 Å². The number of nitrogens with one attached hydrogen (secondary N) is 2. The standard InChI is InChI=1S/C23H27N5/c1-18-7-3-4-8-19(18)16-24-22-15-23(26-17-25-22)27-20-9-11-21(12-10-20)28-13-5-2-6-14-28/h3-4,7-12,15,17H,2,5-6,13-14,16H2,1H3,(H2,24,25,26,27). The molecule has 1 aliphatic rings. The maximum atomic E-state index is 4.35. The minimum Gasteiger partial charge on any atom is -0.372 e. The van der Waals surface area contributed by atoms with E-state index in [1.165, 1.54) is 36.1 Å². The van der Waals surface area contributed by atoms with E-state index in [1.54, 1.807) is 6.33 Å². The van der Waals surface area contributed by atoms with Crippen LogP contribution < -0.4 is 15.5 Å². The van der Waals surface area contributed by atoms with Gasteiger partial charge in [-0.25, -0.2) is 9.97 Å². The molecular formula is C23H27N5. The van der Waals surface area contributed by atoms with Crippen molar-refractivity contribution in [3.8, 4) is 0 Å².